The number of aryl methyl sites for hydroxylation is 1. The molecule has 1 aliphatic rings. The lowest BCUT2D eigenvalue weighted by molar-refractivity contribution is -0.117. The van der Waals surface area contributed by atoms with Gasteiger partial charge in [0.05, 0.1) is 5.52 Å². The maximum atomic E-state index is 12.2. The molecule has 2 heterocycles. The van der Waals surface area contributed by atoms with Gasteiger partial charge < -0.3 is 4.90 Å². The minimum atomic E-state index is 0.106. The predicted octanol–water partition coefficient (Wildman–Crippen LogP) is 2.50. The van der Waals surface area contributed by atoms with Crippen LogP contribution in [0.3, 0.4) is 0 Å². The van der Waals surface area contributed by atoms with Gasteiger partial charge in [0.25, 0.3) is 0 Å². The first-order chi connectivity index (χ1) is 10.0. The van der Waals surface area contributed by atoms with E-state index >= 15 is 0 Å². The molecule has 1 aliphatic heterocycles. The van der Waals surface area contributed by atoms with Crippen molar-refractivity contribution >= 4 is 39.4 Å². The predicted molar refractivity (Wildman–Crippen MR) is 84.4 cm³/mol. The molecular weight excluding hydrogens is 286 g/mol. The van der Waals surface area contributed by atoms with Crippen LogP contribution in [0.25, 0.3) is 10.9 Å². The molecule has 0 spiro atoms. The van der Waals surface area contributed by atoms with Gasteiger partial charge in [-0.25, -0.2) is 0 Å². The van der Waals surface area contributed by atoms with Gasteiger partial charge in [0, 0.05) is 42.4 Å². The molecule has 5 nitrogen and oxygen atoms in total. The van der Waals surface area contributed by atoms with Gasteiger partial charge in [0.15, 0.2) is 5.12 Å². The number of carbonyl (C=O) groups excluding carboxylic acids is 2. The summed E-state index contributed by atoms with van der Waals surface area (Å²) >= 11 is 1.30. The summed E-state index contributed by atoms with van der Waals surface area (Å²) in [6.07, 6.45) is 0.512. The third-order valence-corrected chi connectivity index (χ3v) is 4.81. The monoisotopic (exact) mass is 303 g/mol. The van der Waals surface area contributed by atoms with Crippen molar-refractivity contribution in [2.75, 3.05) is 17.2 Å². The molecule has 1 unspecified atom stereocenters. The topological polar surface area (TPSA) is 66.1 Å². The van der Waals surface area contributed by atoms with E-state index in [1.165, 1.54) is 11.8 Å². The van der Waals surface area contributed by atoms with Crippen LogP contribution in [0.1, 0.15) is 19.0 Å². The van der Waals surface area contributed by atoms with Crippen molar-refractivity contribution in [1.82, 2.24) is 10.2 Å². The fourth-order valence-corrected chi connectivity index (χ4v) is 3.37. The number of thioether (sulfide) groups is 1. The summed E-state index contributed by atoms with van der Waals surface area (Å²) in [4.78, 5) is 25.0. The van der Waals surface area contributed by atoms with Gasteiger partial charge in [0.2, 0.25) is 5.91 Å². The van der Waals surface area contributed by atoms with E-state index in [0.29, 0.717) is 18.7 Å². The number of anilines is 1. The number of carbonyl (C=O) groups is 2. The van der Waals surface area contributed by atoms with E-state index < -0.39 is 0 Å². The number of benzene rings is 1. The average Bonchev–Trinajstić information content (AvgIpc) is 3.00. The Labute approximate surface area is 127 Å². The molecule has 0 radical (unpaired) electrons. The Balaban J connectivity index is 1.78. The van der Waals surface area contributed by atoms with Crippen LogP contribution in [0.2, 0.25) is 0 Å². The molecule has 6 heteroatoms. The molecule has 0 aliphatic carbocycles. The van der Waals surface area contributed by atoms with Crippen molar-refractivity contribution in [2.45, 2.75) is 20.3 Å². The summed E-state index contributed by atoms with van der Waals surface area (Å²) in [5.74, 6) is 1.07. The van der Waals surface area contributed by atoms with Crippen molar-refractivity contribution in [2.24, 2.45) is 5.92 Å². The molecule has 110 valence electrons. The second kappa shape index (κ2) is 5.52. The smallest absolute Gasteiger partial charge is 0.227 e. The summed E-state index contributed by atoms with van der Waals surface area (Å²) in [6.45, 7) is 4.21. The third kappa shape index (κ3) is 2.81. The molecule has 1 atom stereocenters. The summed E-state index contributed by atoms with van der Waals surface area (Å²) in [5.41, 5.74) is 2.79. The zero-order valence-corrected chi connectivity index (χ0v) is 12.9. The van der Waals surface area contributed by atoms with Gasteiger partial charge in [-0.1, -0.05) is 11.8 Å². The van der Waals surface area contributed by atoms with E-state index in [9.17, 15) is 9.59 Å². The molecule has 1 aromatic heterocycles. The molecule has 1 amide bonds. The van der Waals surface area contributed by atoms with Crippen LogP contribution in [-0.4, -0.2) is 33.5 Å². The number of hydrogen-bond acceptors (Lipinski definition) is 4. The highest BCUT2D eigenvalue weighted by atomic mass is 32.2. The average molecular weight is 303 g/mol. The van der Waals surface area contributed by atoms with Gasteiger partial charge in [0.1, 0.15) is 0 Å². The van der Waals surface area contributed by atoms with Crippen LogP contribution in [0.15, 0.2) is 18.2 Å². The number of nitrogens with one attached hydrogen (secondary N) is 1. The van der Waals surface area contributed by atoms with E-state index in [1.54, 1.807) is 11.8 Å². The molecule has 1 aromatic carbocycles. The first-order valence-corrected chi connectivity index (χ1v) is 7.91. The van der Waals surface area contributed by atoms with Crippen LogP contribution in [0.4, 0.5) is 5.69 Å². The fourth-order valence-electron chi connectivity index (χ4n) is 2.68. The Morgan fingerprint density at radius 2 is 2.33 bits per heavy atom. The number of H-pyrrole nitrogens is 1. The number of aromatic amines is 1. The third-order valence-electron chi connectivity index (χ3n) is 3.77. The highest BCUT2D eigenvalue weighted by Gasteiger charge is 2.30. The van der Waals surface area contributed by atoms with Crippen molar-refractivity contribution < 1.29 is 9.59 Å². The lowest BCUT2D eigenvalue weighted by Gasteiger charge is -2.16. The first-order valence-electron chi connectivity index (χ1n) is 6.93. The molecule has 1 saturated heterocycles. The molecule has 1 fully saturated rings. The van der Waals surface area contributed by atoms with Crippen LogP contribution in [0.5, 0.6) is 0 Å². The molecule has 0 saturated carbocycles. The first kappa shape index (κ1) is 14.1. The number of hydrogen-bond donors (Lipinski definition) is 1. The molecular formula is C15H17N3O2S. The quantitative estimate of drug-likeness (QED) is 0.946. The second-order valence-electron chi connectivity index (χ2n) is 5.43. The zero-order chi connectivity index (χ0) is 15.0. The number of nitrogens with zero attached hydrogens (tertiary/aromatic N) is 2. The fraction of sp³-hybridized carbons (Fsp3) is 0.400. The highest BCUT2D eigenvalue weighted by molar-refractivity contribution is 8.13. The SMILES string of the molecule is CC(=O)SCC1CC(=O)N(c2ccc3c(C)[nH]nc3c2)C1. The lowest BCUT2D eigenvalue weighted by atomic mass is 10.1. The van der Waals surface area contributed by atoms with Crippen LogP contribution >= 0.6 is 11.8 Å². The normalized spacial score (nSPS) is 18.7. The molecule has 1 N–H and O–H groups in total. The number of amides is 1. The van der Waals surface area contributed by atoms with Crippen molar-refractivity contribution in [3.63, 3.8) is 0 Å². The Hall–Kier alpha value is -1.82. The highest BCUT2D eigenvalue weighted by Crippen LogP contribution is 2.29. The van der Waals surface area contributed by atoms with Gasteiger partial charge >= 0.3 is 0 Å². The Bertz CT molecular complexity index is 710. The van der Waals surface area contributed by atoms with Crippen LogP contribution in [-0.2, 0) is 9.59 Å². The standard InChI is InChI=1S/C15H17N3O2S/c1-9-13-4-3-12(6-14(13)17-16-9)18-7-11(5-15(18)20)8-21-10(2)19/h3-4,6,11H,5,7-8H2,1-2H3,(H,16,17). The minimum Gasteiger partial charge on any atom is -0.312 e. The van der Waals surface area contributed by atoms with Crippen molar-refractivity contribution in [1.29, 1.82) is 0 Å². The van der Waals surface area contributed by atoms with Gasteiger partial charge in [-0.15, -0.1) is 0 Å². The maximum absolute atomic E-state index is 12.2. The number of fused-ring (bicyclic) bond motifs is 1. The van der Waals surface area contributed by atoms with Crippen molar-refractivity contribution in [3.8, 4) is 0 Å². The zero-order valence-electron chi connectivity index (χ0n) is 12.0. The summed E-state index contributed by atoms with van der Waals surface area (Å²) < 4.78 is 0. The lowest BCUT2D eigenvalue weighted by Crippen LogP contribution is -2.24. The molecule has 2 aromatic rings. The summed E-state index contributed by atoms with van der Waals surface area (Å²) in [6, 6.07) is 5.90. The molecule has 21 heavy (non-hydrogen) atoms. The van der Waals surface area contributed by atoms with Crippen LogP contribution < -0.4 is 4.90 Å². The molecule has 0 bridgehead atoms. The maximum Gasteiger partial charge on any atom is 0.227 e. The number of rotatable bonds is 3. The Morgan fingerprint density at radius 3 is 3.10 bits per heavy atom. The molecule has 3 rings (SSSR count). The van der Waals surface area contributed by atoms with Gasteiger partial charge in [-0.05, 0) is 31.0 Å². The number of aromatic nitrogens is 2. The second-order valence-corrected chi connectivity index (χ2v) is 6.62. The van der Waals surface area contributed by atoms with E-state index in [4.69, 9.17) is 0 Å². The summed E-state index contributed by atoms with van der Waals surface area (Å²) in [5, 5.41) is 8.38. The van der Waals surface area contributed by atoms with Gasteiger partial charge in [-0.3, -0.25) is 14.7 Å². The van der Waals surface area contributed by atoms with Crippen LogP contribution in [0, 0.1) is 12.8 Å². The summed E-state index contributed by atoms with van der Waals surface area (Å²) in [7, 11) is 0. The van der Waals surface area contributed by atoms with Gasteiger partial charge in [-0.2, -0.15) is 5.10 Å². The Kier molecular flexibility index (Phi) is 3.71. The largest absolute Gasteiger partial charge is 0.312 e. The minimum absolute atomic E-state index is 0.106. The van der Waals surface area contributed by atoms with E-state index in [-0.39, 0.29) is 16.9 Å². The van der Waals surface area contributed by atoms with E-state index in [1.807, 2.05) is 25.1 Å². The van der Waals surface area contributed by atoms with Crippen molar-refractivity contribution in [3.05, 3.63) is 23.9 Å². The van der Waals surface area contributed by atoms with E-state index in [2.05, 4.69) is 10.2 Å². The van der Waals surface area contributed by atoms with E-state index in [0.717, 1.165) is 22.3 Å². The Morgan fingerprint density at radius 1 is 1.52 bits per heavy atom.